The number of nitrogens with one attached hydrogen (secondary N) is 2. The van der Waals surface area contributed by atoms with Crippen LogP contribution < -0.4 is 5.32 Å². The van der Waals surface area contributed by atoms with Crippen molar-refractivity contribution in [2.24, 2.45) is 0 Å². The highest BCUT2D eigenvalue weighted by molar-refractivity contribution is 6.46. The van der Waals surface area contributed by atoms with Crippen molar-refractivity contribution < 1.29 is 18.4 Å². The summed E-state index contributed by atoms with van der Waals surface area (Å²) in [5, 5.41) is 9.42. The fourth-order valence-electron chi connectivity index (χ4n) is 3.66. The van der Waals surface area contributed by atoms with Crippen LogP contribution in [0.15, 0.2) is 18.5 Å². The van der Waals surface area contributed by atoms with Crippen molar-refractivity contribution >= 4 is 51.6 Å². The smallest absolute Gasteiger partial charge is 0.315 e. The van der Waals surface area contributed by atoms with Gasteiger partial charge in [-0.15, -0.1) is 0 Å². The van der Waals surface area contributed by atoms with Gasteiger partial charge in [0.15, 0.2) is 0 Å². The second-order valence-corrected chi connectivity index (χ2v) is 7.27. The summed E-state index contributed by atoms with van der Waals surface area (Å²) in [7, 11) is 0. The molecule has 0 atom stereocenters. The normalized spacial score (nSPS) is 14.0. The quantitative estimate of drug-likeness (QED) is 0.641. The number of hydrogen-bond acceptors (Lipinski definition) is 3. The number of benzene rings is 1. The Hall–Kier alpha value is -2.65. The molecule has 2 aromatic heterocycles. The van der Waals surface area contributed by atoms with Gasteiger partial charge in [-0.3, -0.25) is 14.7 Å². The Morgan fingerprint density at radius 3 is 2.76 bits per heavy atom. The van der Waals surface area contributed by atoms with Crippen LogP contribution in [0.1, 0.15) is 17.4 Å². The van der Waals surface area contributed by atoms with Gasteiger partial charge in [0.05, 0.1) is 27.4 Å². The zero-order valence-electron chi connectivity index (χ0n) is 15.1. The second kappa shape index (κ2) is 7.31. The zero-order chi connectivity index (χ0) is 20.9. The number of aromatic nitrogens is 3. The molecule has 11 heteroatoms. The maximum Gasteiger partial charge on any atom is 0.315 e. The number of anilines is 1. The molecule has 0 saturated carbocycles. The van der Waals surface area contributed by atoms with Crippen LogP contribution in [0.25, 0.3) is 22.0 Å². The number of amides is 2. The van der Waals surface area contributed by atoms with E-state index >= 15 is 0 Å². The van der Waals surface area contributed by atoms with Crippen molar-refractivity contribution in [2.75, 3.05) is 18.4 Å². The fraction of sp³-hybridized carbons (Fsp3) is 0.278. The van der Waals surface area contributed by atoms with Crippen LogP contribution in [-0.2, 0) is 11.3 Å². The summed E-state index contributed by atoms with van der Waals surface area (Å²) in [5.74, 6) is -1.71. The van der Waals surface area contributed by atoms with Gasteiger partial charge in [0, 0.05) is 42.3 Å². The van der Waals surface area contributed by atoms with Gasteiger partial charge in [-0.25, -0.2) is 0 Å². The second-order valence-electron chi connectivity index (χ2n) is 6.48. The first kappa shape index (κ1) is 19.7. The highest BCUT2D eigenvalue weighted by Crippen LogP contribution is 2.46. The first-order valence-corrected chi connectivity index (χ1v) is 9.52. The molecule has 0 spiro atoms. The first-order chi connectivity index (χ1) is 13.8. The van der Waals surface area contributed by atoms with Crippen molar-refractivity contribution in [1.82, 2.24) is 19.7 Å². The minimum absolute atomic E-state index is 0.0497. The molecule has 0 radical (unpaired) electrons. The highest BCUT2D eigenvalue weighted by atomic mass is 35.5. The van der Waals surface area contributed by atoms with Crippen molar-refractivity contribution in [3.05, 3.63) is 34.2 Å². The number of carbonyl (C=O) groups excluding carboxylic acids is 2. The van der Waals surface area contributed by atoms with Gasteiger partial charge >= 0.3 is 6.43 Å². The molecule has 0 fully saturated rings. The third kappa shape index (κ3) is 3.05. The highest BCUT2D eigenvalue weighted by Gasteiger charge is 2.34. The van der Waals surface area contributed by atoms with E-state index in [1.807, 2.05) is 6.92 Å². The van der Waals surface area contributed by atoms with Crippen LogP contribution in [0, 0.1) is 0 Å². The van der Waals surface area contributed by atoms with Crippen molar-refractivity contribution in [1.29, 1.82) is 0 Å². The maximum atomic E-state index is 13.2. The number of nitrogens with zero attached hydrogens (tertiary/aromatic N) is 3. The van der Waals surface area contributed by atoms with Crippen LogP contribution in [0.5, 0.6) is 0 Å². The van der Waals surface area contributed by atoms with E-state index in [9.17, 15) is 18.4 Å². The molecule has 3 aromatic rings. The van der Waals surface area contributed by atoms with Crippen molar-refractivity contribution in [3.8, 4) is 11.1 Å². The maximum absolute atomic E-state index is 13.2. The predicted octanol–water partition coefficient (Wildman–Crippen LogP) is 4.02. The molecule has 152 valence electrons. The van der Waals surface area contributed by atoms with E-state index in [0.29, 0.717) is 47.4 Å². The number of likely N-dealkylation sites (N-methyl/N-ethyl adjacent to an activating group) is 1. The average molecular weight is 442 g/mol. The van der Waals surface area contributed by atoms with E-state index in [0.717, 1.165) is 0 Å². The molecule has 29 heavy (non-hydrogen) atoms. The summed E-state index contributed by atoms with van der Waals surface area (Å²) in [5.41, 5.74) is 1.79. The van der Waals surface area contributed by atoms with Crippen LogP contribution in [-0.4, -0.2) is 51.0 Å². The zero-order valence-corrected chi connectivity index (χ0v) is 16.6. The third-order valence-electron chi connectivity index (χ3n) is 4.93. The number of H-pyrrole nitrogens is 1. The summed E-state index contributed by atoms with van der Waals surface area (Å²) in [6, 6.07) is 1.31. The lowest BCUT2D eigenvalue weighted by Gasteiger charge is -2.28. The van der Waals surface area contributed by atoms with Crippen LogP contribution >= 0.6 is 23.2 Å². The van der Waals surface area contributed by atoms with Crippen LogP contribution in [0.3, 0.4) is 0 Å². The molecule has 2 N–H and O–H groups in total. The Bertz CT molecular complexity index is 1130. The molecule has 0 saturated heterocycles. The van der Waals surface area contributed by atoms with Gasteiger partial charge in [-0.1, -0.05) is 23.2 Å². The molecule has 7 nitrogen and oxygen atoms in total. The molecule has 3 heterocycles. The minimum Gasteiger partial charge on any atom is -0.336 e. The topological polar surface area (TPSA) is 83.0 Å². The standard InChI is InChI=1S/C18H15Cl2F2N5O2/c1-2-26-3-4-27-14-12(11(15(27)18(26)29)8-6-23-24-7-8)10(5-9(19)13(14)20)25-17(28)16(21)22/h5-7,16H,2-4H2,1H3,(H,23,24)(H,25,28). The van der Waals surface area contributed by atoms with Gasteiger partial charge in [0.2, 0.25) is 0 Å². The number of fused-ring (bicyclic) bond motifs is 3. The summed E-state index contributed by atoms with van der Waals surface area (Å²) in [6.07, 6.45) is -0.129. The number of halogens is 4. The predicted molar refractivity (Wildman–Crippen MR) is 106 cm³/mol. The molecule has 2 amide bonds. The van der Waals surface area contributed by atoms with Crippen molar-refractivity contribution in [2.45, 2.75) is 19.9 Å². The van der Waals surface area contributed by atoms with E-state index < -0.39 is 12.3 Å². The Morgan fingerprint density at radius 2 is 2.14 bits per heavy atom. The lowest BCUT2D eigenvalue weighted by molar-refractivity contribution is -0.126. The monoisotopic (exact) mass is 441 g/mol. The SMILES string of the molecule is CCN1CCn2c(c(-c3cn[nH]c3)c3c(NC(=O)C(F)F)cc(Cl)c(Cl)c32)C1=O. The molecule has 1 aromatic carbocycles. The minimum atomic E-state index is -3.22. The van der Waals surface area contributed by atoms with Crippen LogP contribution in [0.4, 0.5) is 14.5 Å². The molecule has 0 bridgehead atoms. The van der Waals surface area contributed by atoms with E-state index in [2.05, 4.69) is 15.5 Å². The summed E-state index contributed by atoms with van der Waals surface area (Å²) < 4.78 is 27.5. The van der Waals surface area contributed by atoms with E-state index in [1.165, 1.54) is 12.3 Å². The van der Waals surface area contributed by atoms with Gasteiger partial charge in [0.25, 0.3) is 11.8 Å². The number of aromatic amines is 1. The summed E-state index contributed by atoms with van der Waals surface area (Å²) in [4.78, 5) is 26.6. The van der Waals surface area contributed by atoms with E-state index in [1.54, 1.807) is 15.7 Å². The van der Waals surface area contributed by atoms with Crippen molar-refractivity contribution in [3.63, 3.8) is 0 Å². The van der Waals surface area contributed by atoms with Gasteiger partial charge < -0.3 is 14.8 Å². The molecule has 0 aliphatic carbocycles. The van der Waals surface area contributed by atoms with Gasteiger partial charge in [-0.05, 0) is 13.0 Å². The number of rotatable bonds is 4. The van der Waals surface area contributed by atoms with Crippen LogP contribution in [0.2, 0.25) is 10.0 Å². The van der Waals surface area contributed by atoms with Gasteiger partial charge in [-0.2, -0.15) is 13.9 Å². The van der Waals surface area contributed by atoms with E-state index in [4.69, 9.17) is 23.2 Å². The Kier molecular flexibility index (Phi) is 4.95. The molecular formula is C18H15Cl2F2N5O2. The molecular weight excluding hydrogens is 427 g/mol. The Morgan fingerprint density at radius 1 is 1.38 bits per heavy atom. The number of carbonyl (C=O) groups is 2. The Balaban J connectivity index is 2.11. The average Bonchev–Trinajstić information content (AvgIpc) is 3.32. The third-order valence-corrected chi connectivity index (χ3v) is 5.71. The summed E-state index contributed by atoms with van der Waals surface area (Å²) >= 11 is 12.7. The lowest BCUT2D eigenvalue weighted by atomic mass is 10.0. The number of alkyl halides is 2. The molecule has 4 rings (SSSR count). The largest absolute Gasteiger partial charge is 0.336 e. The number of hydrogen-bond donors (Lipinski definition) is 2. The fourth-order valence-corrected chi connectivity index (χ4v) is 4.11. The lowest BCUT2D eigenvalue weighted by Crippen LogP contribution is -2.40. The molecule has 0 unspecified atom stereocenters. The Labute approximate surface area is 173 Å². The van der Waals surface area contributed by atoms with Gasteiger partial charge in [0.1, 0.15) is 5.69 Å². The molecule has 1 aliphatic rings. The summed E-state index contributed by atoms with van der Waals surface area (Å²) in [6.45, 7) is 3.27. The molecule has 1 aliphatic heterocycles. The first-order valence-electron chi connectivity index (χ1n) is 8.76. The van der Waals surface area contributed by atoms with E-state index in [-0.39, 0.29) is 21.6 Å².